The molecule has 3 rings (SSSR count). The third-order valence-corrected chi connectivity index (χ3v) is 4.68. The number of carbonyl (C=O) groups excluding carboxylic acids is 2. The molecule has 0 unspecified atom stereocenters. The molecule has 0 atom stereocenters. The average Bonchev–Trinajstić information content (AvgIpc) is 3.21. The van der Waals surface area contributed by atoms with Crippen molar-refractivity contribution in [2.75, 3.05) is 19.7 Å². The minimum absolute atomic E-state index is 0.0194. The largest absolute Gasteiger partial charge is 0.448 e. The predicted octanol–water partition coefficient (Wildman–Crippen LogP) is 2.95. The Morgan fingerprint density at radius 1 is 1.17 bits per heavy atom. The predicted molar refractivity (Wildman–Crippen MR) is 91.2 cm³/mol. The lowest BCUT2D eigenvalue weighted by atomic mass is 10.0. The highest BCUT2D eigenvalue weighted by Gasteiger charge is 2.33. The Morgan fingerprint density at radius 2 is 1.83 bits per heavy atom. The topological polar surface area (TPSA) is 49.9 Å². The van der Waals surface area contributed by atoms with Crippen LogP contribution in [0.1, 0.15) is 30.4 Å². The molecule has 0 spiro atoms. The Morgan fingerprint density at radius 3 is 2.50 bits per heavy atom. The van der Waals surface area contributed by atoms with Crippen LogP contribution in [0.15, 0.2) is 36.9 Å². The second-order valence-corrected chi connectivity index (χ2v) is 6.43. The molecule has 24 heavy (non-hydrogen) atoms. The summed E-state index contributed by atoms with van der Waals surface area (Å²) >= 11 is 0. The van der Waals surface area contributed by atoms with Gasteiger partial charge in [0.15, 0.2) is 0 Å². The quantitative estimate of drug-likeness (QED) is 0.617. The molecule has 0 saturated carbocycles. The first-order chi connectivity index (χ1) is 11.7. The molecule has 1 heterocycles. The zero-order valence-corrected chi connectivity index (χ0v) is 13.9. The fourth-order valence-corrected chi connectivity index (χ4v) is 3.51. The Labute approximate surface area is 142 Å². The molecular weight excluding hydrogens is 304 g/mol. The minimum atomic E-state index is -0.433. The second kappa shape index (κ2) is 7.51. The van der Waals surface area contributed by atoms with E-state index in [4.69, 9.17) is 4.74 Å². The molecule has 1 aliphatic heterocycles. The zero-order valence-electron chi connectivity index (χ0n) is 13.9. The van der Waals surface area contributed by atoms with Crippen LogP contribution in [0.3, 0.4) is 0 Å². The van der Waals surface area contributed by atoms with E-state index in [1.54, 1.807) is 11.1 Å². The Bertz CT molecular complexity index is 604. The molecule has 1 fully saturated rings. The first kappa shape index (κ1) is 16.6. The molecule has 5 nitrogen and oxygen atoms in total. The van der Waals surface area contributed by atoms with Gasteiger partial charge in [0.25, 0.3) is 0 Å². The highest BCUT2D eigenvalue weighted by Crippen LogP contribution is 2.29. The van der Waals surface area contributed by atoms with E-state index in [0.29, 0.717) is 38.5 Å². The average molecular weight is 328 g/mol. The number of hydrogen-bond acceptors (Lipinski definition) is 3. The van der Waals surface area contributed by atoms with Crippen molar-refractivity contribution in [1.82, 2.24) is 10.0 Å². The normalized spacial score (nSPS) is 17.0. The first-order valence-corrected chi connectivity index (χ1v) is 8.61. The van der Waals surface area contributed by atoms with Gasteiger partial charge < -0.3 is 4.74 Å². The number of amides is 2. The molecular formula is C19H24N2O3. The van der Waals surface area contributed by atoms with Crippen molar-refractivity contribution < 1.29 is 14.3 Å². The van der Waals surface area contributed by atoms with E-state index in [1.807, 2.05) is 12.1 Å². The van der Waals surface area contributed by atoms with E-state index < -0.39 is 6.09 Å². The molecule has 2 aliphatic rings. The zero-order chi connectivity index (χ0) is 16.9. The van der Waals surface area contributed by atoms with Crippen molar-refractivity contribution in [3.8, 4) is 0 Å². The number of hydrazine groups is 1. The molecule has 0 aromatic heterocycles. The first-order valence-electron chi connectivity index (χ1n) is 8.61. The Balaban J connectivity index is 1.54. The summed E-state index contributed by atoms with van der Waals surface area (Å²) in [5.41, 5.74) is 2.69. The van der Waals surface area contributed by atoms with Crippen molar-refractivity contribution >= 4 is 12.0 Å². The van der Waals surface area contributed by atoms with Crippen LogP contribution in [0.5, 0.6) is 0 Å². The van der Waals surface area contributed by atoms with E-state index in [0.717, 1.165) is 19.3 Å². The van der Waals surface area contributed by atoms with Crippen molar-refractivity contribution in [2.45, 2.75) is 32.1 Å². The number of nitrogens with zero attached hydrogens (tertiary/aromatic N) is 2. The van der Waals surface area contributed by atoms with Crippen LogP contribution in [0.4, 0.5) is 4.79 Å². The summed E-state index contributed by atoms with van der Waals surface area (Å²) in [4.78, 5) is 24.8. The fourth-order valence-electron chi connectivity index (χ4n) is 3.51. The molecule has 1 aromatic rings. The van der Waals surface area contributed by atoms with Gasteiger partial charge in [0.05, 0.1) is 6.61 Å². The fraction of sp³-hybridized carbons (Fsp3) is 0.474. The maximum Gasteiger partial charge on any atom is 0.428 e. The number of rotatable bonds is 5. The van der Waals surface area contributed by atoms with Gasteiger partial charge in [-0.25, -0.2) is 14.8 Å². The Kier molecular flexibility index (Phi) is 5.18. The van der Waals surface area contributed by atoms with Crippen molar-refractivity contribution in [3.63, 3.8) is 0 Å². The van der Waals surface area contributed by atoms with Gasteiger partial charge >= 0.3 is 6.09 Å². The van der Waals surface area contributed by atoms with Gasteiger partial charge in [0.2, 0.25) is 5.91 Å². The number of fused-ring (bicyclic) bond motifs is 1. The van der Waals surface area contributed by atoms with Crippen LogP contribution in [-0.4, -0.2) is 41.7 Å². The third-order valence-electron chi connectivity index (χ3n) is 4.68. The van der Waals surface area contributed by atoms with Gasteiger partial charge in [-0.2, -0.15) is 0 Å². The van der Waals surface area contributed by atoms with Crippen molar-refractivity contribution in [3.05, 3.63) is 48.0 Å². The van der Waals surface area contributed by atoms with E-state index in [9.17, 15) is 9.59 Å². The van der Waals surface area contributed by atoms with Gasteiger partial charge in [0.1, 0.15) is 0 Å². The number of benzene rings is 1. The SMILES string of the molecule is C=CCCOC(=O)N1CCCN1C(=O)CC1Cc2ccccc2C1. The van der Waals surface area contributed by atoms with Crippen LogP contribution < -0.4 is 0 Å². The molecule has 2 amide bonds. The number of hydrogen-bond donors (Lipinski definition) is 0. The standard InChI is InChI=1S/C19H24N2O3/c1-2-3-11-24-19(23)21-10-6-9-20(21)18(22)14-15-12-16-7-4-5-8-17(16)13-15/h2,4-5,7-8,15H,1,3,6,9-14H2. The van der Waals surface area contributed by atoms with Crippen LogP contribution in [0, 0.1) is 5.92 Å². The van der Waals surface area contributed by atoms with Gasteiger partial charge in [-0.1, -0.05) is 30.3 Å². The summed E-state index contributed by atoms with van der Waals surface area (Å²) in [7, 11) is 0. The van der Waals surface area contributed by atoms with Crippen LogP contribution in [0.25, 0.3) is 0 Å². The molecule has 128 valence electrons. The summed E-state index contributed by atoms with van der Waals surface area (Å²) in [6.07, 6.45) is 5.06. The highest BCUT2D eigenvalue weighted by molar-refractivity contribution is 5.80. The summed E-state index contributed by atoms with van der Waals surface area (Å²) in [5.74, 6) is 0.347. The van der Waals surface area contributed by atoms with Gasteiger partial charge in [0, 0.05) is 19.5 Å². The number of carbonyl (C=O) groups is 2. The van der Waals surface area contributed by atoms with Crippen molar-refractivity contribution in [2.24, 2.45) is 5.92 Å². The Hall–Kier alpha value is -2.30. The molecule has 0 radical (unpaired) electrons. The summed E-state index contributed by atoms with van der Waals surface area (Å²) in [5, 5.41) is 3.02. The molecule has 1 aromatic carbocycles. The van der Waals surface area contributed by atoms with Gasteiger partial charge in [-0.05, 0) is 42.7 Å². The van der Waals surface area contributed by atoms with Crippen LogP contribution in [0.2, 0.25) is 0 Å². The van der Waals surface area contributed by atoms with E-state index in [1.165, 1.54) is 16.1 Å². The highest BCUT2D eigenvalue weighted by atomic mass is 16.6. The van der Waals surface area contributed by atoms with E-state index >= 15 is 0 Å². The van der Waals surface area contributed by atoms with Gasteiger partial charge in [-0.15, -0.1) is 6.58 Å². The lowest BCUT2D eigenvalue weighted by Gasteiger charge is -2.28. The summed E-state index contributed by atoms with van der Waals surface area (Å²) < 4.78 is 5.19. The van der Waals surface area contributed by atoms with Crippen molar-refractivity contribution in [1.29, 1.82) is 0 Å². The molecule has 0 bridgehead atoms. The maximum absolute atomic E-state index is 12.7. The molecule has 5 heteroatoms. The smallest absolute Gasteiger partial charge is 0.428 e. The maximum atomic E-state index is 12.7. The molecule has 1 aliphatic carbocycles. The summed E-state index contributed by atoms with van der Waals surface area (Å²) in [6.45, 7) is 5.05. The number of ether oxygens (including phenoxy) is 1. The van der Waals surface area contributed by atoms with E-state index in [-0.39, 0.29) is 5.91 Å². The minimum Gasteiger partial charge on any atom is -0.448 e. The van der Waals surface area contributed by atoms with Crippen LogP contribution in [-0.2, 0) is 22.4 Å². The second-order valence-electron chi connectivity index (χ2n) is 6.43. The molecule has 1 saturated heterocycles. The van der Waals surface area contributed by atoms with Gasteiger partial charge in [-0.3, -0.25) is 4.79 Å². The summed E-state index contributed by atoms with van der Waals surface area (Å²) in [6, 6.07) is 8.37. The lowest BCUT2D eigenvalue weighted by Crippen LogP contribution is -2.45. The monoisotopic (exact) mass is 328 g/mol. The van der Waals surface area contributed by atoms with E-state index in [2.05, 4.69) is 18.7 Å². The molecule has 0 N–H and O–H groups in total. The third kappa shape index (κ3) is 3.61. The lowest BCUT2D eigenvalue weighted by molar-refractivity contribution is -0.142. The van der Waals surface area contributed by atoms with Crippen LogP contribution >= 0.6 is 0 Å².